The molecule has 2 aromatic heterocycles. The molecule has 0 saturated heterocycles. The molecule has 0 aliphatic heterocycles. The van der Waals surface area contributed by atoms with Gasteiger partial charge in [0.05, 0.1) is 11.9 Å². The number of primary sulfonamides is 1. The minimum absolute atomic E-state index is 0.0437. The summed E-state index contributed by atoms with van der Waals surface area (Å²) in [6, 6.07) is 5.39. The van der Waals surface area contributed by atoms with Crippen LogP contribution in [0.4, 0.5) is 13.2 Å². The first-order valence-corrected chi connectivity index (χ1v) is 8.28. The van der Waals surface area contributed by atoms with E-state index in [1.54, 1.807) is 0 Å². The molecule has 3 rings (SSSR count). The molecule has 1 aromatic carbocycles. The van der Waals surface area contributed by atoms with Crippen molar-refractivity contribution in [3.63, 3.8) is 0 Å². The first kappa shape index (κ1) is 17.0. The van der Waals surface area contributed by atoms with Gasteiger partial charge < -0.3 is 0 Å². The zero-order valence-electron chi connectivity index (χ0n) is 12.3. The summed E-state index contributed by atoms with van der Waals surface area (Å²) in [5.41, 5.74) is -1.23. The van der Waals surface area contributed by atoms with Crippen molar-refractivity contribution in [2.24, 2.45) is 5.14 Å². The topological polar surface area (TPSA) is 104 Å². The molecule has 2 heterocycles. The smallest absolute Gasteiger partial charge is 0.296 e. The van der Waals surface area contributed by atoms with Gasteiger partial charge in [-0.3, -0.25) is 9.55 Å². The second-order valence-electron chi connectivity index (χ2n) is 4.92. The molecule has 130 valence electrons. The summed E-state index contributed by atoms with van der Waals surface area (Å²) in [4.78, 5) is 10.9. The van der Waals surface area contributed by atoms with Crippen LogP contribution in [0.2, 0.25) is 0 Å². The lowest BCUT2D eigenvalue weighted by Gasteiger charge is -2.11. The van der Waals surface area contributed by atoms with Crippen LogP contribution in [0.1, 0.15) is 5.69 Å². The fourth-order valence-corrected chi connectivity index (χ4v) is 2.92. The van der Waals surface area contributed by atoms with Crippen LogP contribution in [0.5, 0.6) is 0 Å². The van der Waals surface area contributed by atoms with E-state index in [4.69, 9.17) is 5.14 Å². The number of halogens is 3. The normalized spacial score (nSPS) is 12.3. The van der Waals surface area contributed by atoms with Crippen molar-refractivity contribution in [1.82, 2.24) is 19.5 Å². The van der Waals surface area contributed by atoms with Gasteiger partial charge in [-0.05, 0) is 12.1 Å². The quantitative estimate of drug-likeness (QED) is 0.760. The molecule has 0 atom stereocenters. The van der Waals surface area contributed by atoms with E-state index in [0.717, 1.165) is 4.57 Å². The maximum atomic E-state index is 13.1. The number of imidazole rings is 1. The van der Waals surface area contributed by atoms with E-state index < -0.39 is 21.9 Å². The Bertz CT molecular complexity index is 1020. The van der Waals surface area contributed by atoms with Crippen molar-refractivity contribution in [3.05, 3.63) is 54.7 Å². The lowest BCUT2D eigenvalue weighted by atomic mass is 10.3. The molecule has 3 aromatic rings. The Morgan fingerprint density at radius 1 is 1.12 bits per heavy atom. The fourth-order valence-electron chi connectivity index (χ4n) is 2.19. The highest BCUT2D eigenvalue weighted by Gasteiger charge is 2.36. The van der Waals surface area contributed by atoms with E-state index in [1.165, 1.54) is 42.9 Å². The number of sulfonamides is 1. The van der Waals surface area contributed by atoms with Crippen LogP contribution in [0.3, 0.4) is 0 Å². The molecule has 0 fully saturated rings. The number of nitrogens with two attached hydrogens (primary N) is 1. The van der Waals surface area contributed by atoms with Gasteiger partial charge in [0.1, 0.15) is 10.6 Å². The maximum absolute atomic E-state index is 13.1. The van der Waals surface area contributed by atoms with Crippen molar-refractivity contribution in [1.29, 1.82) is 0 Å². The average Bonchev–Trinajstić information content (AvgIpc) is 3.00. The van der Waals surface area contributed by atoms with Gasteiger partial charge in [0.2, 0.25) is 10.0 Å². The summed E-state index contributed by atoms with van der Waals surface area (Å²) < 4.78 is 63.8. The maximum Gasteiger partial charge on any atom is 0.434 e. The molecule has 0 saturated carbocycles. The number of rotatable bonds is 3. The van der Waals surface area contributed by atoms with Gasteiger partial charge in [-0.2, -0.15) is 13.2 Å². The van der Waals surface area contributed by atoms with E-state index in [-0.39, 0.29) is 22.1 Å². The second kappa shape index (κ2) is 5.93. The number of aromatic nitrogens is 4. The van der Waals surface area contributed by atoms with Gasteiger partial charge in [-0.1, -0.05) is 12.1 Å². The Kier molecular flexibility index (Phi) is 4.05. The highest BCUT2D eigenvalue weighted by atomic mass is 32.2. The minimum atomic E-state index is -4.72. The predicted molar refractivity (Wildman–Crippen MR) is 81.0 cm³/mol. The predicted octanol–water partition coefficient (Wildman–Crippen LogP) is 2.00. The zero-order valence-corrected chi connectivity index (χ0v) is 13.2. The van der Waals surface area contributed by atoms with Gasteiger partial charge in [0, 0.05) is 18.6 Å². The Labute approximate surface area is 140 Å². The molecular formula is C14H10F3N5O2S. The lowest BCUT2D eigenvalue weighted by molar-refractivity contribution is -0.140. The van der Waals surface area contributed by atoms with E-state index >= 15 is 0 Å². The van der Waals surface area contributed by atoms with Crippen LogP contribution >= 0.6 is 0 Å². The number of nitrogens with zero attached hydrogens (tertiary/aromatic N) is 4. The summed E-state index contributed by atoms with van der Waals surface area (Å²) in [7, 11) is -4.17. The van der Waals surface area contributed by atoms with Gasteiger partial charge in [0.15, 0.2) is 11.5 Å². The molecule has 2 N–H and O–H groups in total. The van der Waals surface area contributed by atoms with E-state index in [1.807, 2.05) is 0 Å². The first-order valence-electron chi connectivity index (χ1n) is 6.73. The minimum Gasteiger partial charge on any atom is -0.296 e. The number of para-hydroxylation sites is 1. The number of alkyl halides is 3. The Morgan fingerprint density at radius 2 is 1.84 bits per heavy atom. The third-order valence-electron chi connectivity index (χ3n) is 3.22. The molecule has 11 heteroatoms. The fraction of sp³-hybridized carbons (Fsp3) is 0.0714. The highest BCUT2D eigenvalue weighted by Crippen LogP contribution is 2.33. The molecule has 25 heavy (non-hydrogen) atoms. The Balaban J connectivity index is 2.32. The second-order valence-corrected chi connectivity index (χ2v) is 6.45. The van der Waals surface area contributed by atoms with Crippen molar-refractivity contribution < 1.29 is 21.6 Å². The van der Waals surface area contributed by atoms with Gasteiger partial charge >= 0.3 is 6.18 Å². The molecule has 0 aliphatic rings. The number of benzene rings is 1. The Hall–Kier alpha value is -2.79. The van der Waals surface area contributed by atoms with Crippen molar-refractivity contribution >= 4 is 10.0 Å². The van der Waals surface area contributed by atoms with Crippen LogP contribution in [0, 0.1) is 0 Å². The van der Waals surface area contributed by atoms with Gasteiger partial charge in [0.25, 0.3) is 0 Å². The molecular weight excluding hydrogens is 359 g/mol. The third kappa shape index (κ3) is 3.37. The molecule has 0 amide bonds. The van der Waals surface area contributed by atoms with Crippen LogP contribution in [0.15, 0.2) is 53.9 Å². The lowest BCUT2D eigenvalue weighted by Crippen LogP contribution is -2.15. The zero-order chi connectivity index (χ0) is 18.2. The number of hydrogen-bond donors (Lipinski definition) is 1. The summed E-state index contributed by atoms with van der Waals surface area (Å²) in [5, 5.41) is 5.16. The third-order valence-corrected chi connectivity index (χ3v) is 4.18. The van der Waals surface area contributed by atoms with Crippen LogP contribution in [-0.4, -0.2) is 27.9 Å². The molecule has 7 nitrogen and oxygen atoms in total. The monoisotopic (exact) mass is 369 g/mol. The van der Waals surface area contributed by atoms with Gasteiger partial charge in [-0.25, -0.2) is 23.5 Å². The van der Waals surface area contributed by atoms with E-state index in [2.05, 4.69) is 15.0 Å². The molecule has 0 aliphatic carbocycles. The first-order chi connectivity index (χ1) is 11.7. The molecule has 0 spiro atoms. The molecule has 0 bridgehead atoms. The largest absolute Gasteiger partial charge is 0.434 e. The summed E-state index contributed by atoms with van der Waals surface area (Å²) in [6.45, 7) is 0. The summed E-state index contributed by atoms with van der Waals surface area (Å²) in [5.74, 6) is -0.212. The van der Waals surface area contributed by atoms with Crippen molar-refractivity contribution in [2.45, 2.75) is 11.1 Å². The van der Waals surface area contributed by atoms with Gasteiger partial charge in [-0.15, -0.1) is 0 Å². The number of hydrogen-bond acceptors (Lipinski definition) is 5. The van der Waals surface area contributed by atoms with E-state index in [9.17, 15) is 21.6 Å². The summed E-state index contributed by atoms with van der Waals surface area (Å²) >= 11 is 0. The average molecular weight is 369 g/mol. The summed E-state index contributed by atoms with van der Waals surface area (Å²) in [6.07, 6.45) is -0.182. The van der Waals surface area contributed by atoms with Crippen LogP contribution in [-0.2, 0) is 16.2 Å². The standard InChI is InChI=1S/C14H10F3N5O2S/c15-14(16,17)12-8-22(13(21-12)9-7-19-5-6-20-9)10-3-1-2-4-11(10)25(18,23)24/h1-8H,(H2,18,23,24). The Morgan fingerprint density at radius 3 is 2.44 bits per heavy atom. The van der Waals surface area contributed by atoms with E-state index in [0.29, 0.717) is 6.20 Å². The van der Waals surface area contributed by atoms with Crippen LogP contribution < -0.4 is 5.14 Å². The highest BCUT2D eigenvalue weighted by molar-refractivity contribution is 7.89. The van der Waals surface area contributed by atoms with Crippen molar-refractivity contribution in [3.8, 4) is 17.2 Å². The van der Waals surface area contributed by atoms with Crippen LogP contribution in [0.25, 0.3) is 17.2 Å². The molecule has 0 radical (unpaired) electrons. The van der Waals surface area contributed by atoms with Crippen molar-refractivity contribution in [2.75, 3.05) is 0 Å². The molecule has 0 unspecified atom stereocenters. The SMILES string of the molecule is NS(=O)(=O)c1ccccc1-n1cc(C(F)(F)F)nc1-c1cnccn1.